The van der Waals surface area contributed by atoms with Crippen molar-refractivity contribution in [1.29, 1.82) is 5.41 Å². The summed E-state index contributed by atoms with van der Waals surface area (Å²) >= 11 is 1.19. The Morgan fingerprint density at radius 1 is 1.67 bits per heavy atom. The number of Topliss-reactive ketones (excluding diaryl/α,β-unsaturated/α-hetero) is 1. The van der Waals surface area contributed by atoms with Crippen molar-refractivity contribution >= 4 is 22.8 Å². The number of aliphatic hydroxyl groups is 1. The molecule has 0 amide bonds. The summed E-state index contributed by atoms with van der Waals surface area (Å²) in [6.07, 6.45) is 9.46. The fourth-order valence-electron chi connectivity index (χ4n) is 2.41. The van der Waals surface area contributed by atoms with Crippen LogP contribution in [-0.4, -0.2) is 21.6 Å². The lowest BCUT2D eigenvalue weighted by molar-refractivity contribution is -0.119. The van der Waals surface area contributed by atoms with Gasteiger partial charge in [0.05, 0.1) is 0 Å². The number of rotatable bonds is 7. The molecule has 0 fully saturated rings. The van der Waals surface area contributed by atoms with Gasteiger partial charge in [0.15, 0.2) is 6.17 Å². The van der Waals surface area contributed by atoms with E-state index in [-0.39, 0.29) is 35.3 Å². The molecule has 0 spiro atoms. The van der Waals surface area contributed by atoms with Gasteiger partial charge >= 0.3 is 0 Å². The number of aromatic nitrogens is 1. The summed E-state index contributed by atoms with van der Waals surface area (Å²) in [5, 5.41) is 17.5. The standard InChI is InChI=1S/C18H19FN2O2S/c1-3-11-5-12(7-14(22)6-11)17-10-21-18(24-17)16(19)9-15(23)8-13(20)4-2/h1,6-7,10,12,16,20,22H,4-5,8-9H2,2H3. The van der Waals surface area contributed by atoms with Gasteiger partial charge in [0.25, 0.3) is 0 Å². The number of aliphatic hydroxyl groups excluding tert-OH is 1. The molecule has 1 aromatic rings. The number of hydrogen-bond donors (Lipinski definition) is 2. The SMILES string of the molecule is C#CC1=CC(O)=CC(c2cnc(C(F)CC(=O)CC(=N)CC)s2)C1. The van der Waals surface area contributed by atoms with Gasteiger partial charge in [-0.25, -0.2) is 9.37 Å². The van der Waals surface area contributed by atoms with Gasteiger partial charge in [-0.1, -0.05) is 12.8 Å². The quantitative estimate of drug-likeness (QED) is 0.567. The second-order valence-electron chi connectivity index (χ2n) is 5.66. The second-order valence-corrected chi connectivity index (χ2v) is 6.75. The lowest BCUT2D eigenvalue weighted by atomic mass is 9.93. The highest BCUT2D eigenvalue weighted by Crippen LogP contribution is 2.36. The number of thiazole rings is 1. The Hall–Kier alpha value is -2.26. The maximum absolute atomic E-state index is 14.3. The van der Waals surface area contributed by atoms with E-state index in [9.17, 15) is 14.3 Å². The third-order valence-corrected chi connectivity index (χ3v) is 4.95. The van der Waals surface area contributed by atoms with E-state index in [0.29, 0.717) is 24.1 Å². The van der Waals surface area contributed by atoms with Crippen molar-refractivity contribution in [1.82, 2.24) is 4.98 Å². The number of carbonyl (C=O) groups excluding carboxylic acids is 1. The van der Waals surface area contributed by atoms with Gasteiger partial charge in [-0.15, -0.1) is 17.8 Å². The third-order valence-electron chi connectivity index (χ3n) is 3.74. The number of hydrogen-bond acceptors (Lipinski definition) is 5. The highest BCUT2D eigenvalue weighted by atomic mass is 32.1. The highest BCUT2D eigenvalue weighted by Gasteiger charge is 2.23. The molecule has 1 aromatic heterocycles. The highest BCUT2D eigenvalue weighted by molar-refractivity contribution is 7.11. The minimum absolute atomic E-state index is 0.00921. The molecule has 2 rings (SSSR count). The fourth-order valence-corrected chi connectivity index (χ4v) is 3.38. The van der Waals surface area contributed by atoms with E-state index in [2.05, 4.69) is 10.9 Å². The Morgan fingerprint density at radius 3 is 3.08 bits per heavy atom. The minimum atomic E-state index is -1.47. The van der Waals surface area contributed by atoms with Crippen molar-refractivity contribution in [3.05, 3.63) is 39.6 Å². The molecular formula is C18H19FN2O2S. The van der Waals surface area contributed by atoms with Gasteiger partial charge in [-0.05, 0) is 25.0 Å². The number of carbonyl (C=O) groups is 1. The lowest BCUT2D eigenvalue weighted by Crippen LogP contribution is -2.08. The van der Waals surface area contributed by atoms with Gasteiger partial charge in [0.1, 0.15) is 16.6 Å². The van der Waals surface area contributed by atoms with Crippen molar-refractivity contribution < 1.29 is 14.3 Å². The van der Waals surface area contributed by atoms with Crippen LogP contribution in [-0.2, 0) is 4.79 Å². The van der Waals surface area contributed by atoms with Crippen LogP contribution in [0.2, 0.25) is 0 Å². The Morgan fingerprint density at radius 2 is 2.42 bits per heavy atom. The number of nitrogens with one attached hydrogen (secondary N) is 1. The zero-order chi connectivity index (χ0) is 17.7. The van der Waals surface area contributed by atoms with Crippen LogP contribution in [0.25, 0.3) is 0 Å². The average Bonchev–Trinajstić information content (AvgIpc) is 3.04. The predicted molar refractivity (Wildman–Crippen MR) is 93.2 cm³/mol. The Kier molecular flexibility index (Phi) is 6.04. The van der Waals surface area contributed by atoms with Gasteiger partial charge in [-0.2, -0.15) is 0 Å². The van der Waals surface area contributed by atoms with Gasteiger partial charge < -0.3 is 10.5 Å². The summed E-state index contributed by atoms with van der Waals surface area (Å²) in [4.78, 5) is 16.6. The van der Waals surface area contributed by atoms with E-state index in [1.807, 2.05) is 0 Å². The monoisotopic (exact) mass is 346 g/mol. The number of alkyl halides is 1. The molecule has 1 heterocycles. The van der Waals surface area contributed by atoms with Crippen LogP contribution in [0.4, 0.5) is 4.39 Å². The molecule has 0 bridgehead atoms. The number of halogens is 1. The van der Waals surface area contributed by atoms with Crippen molar-refractivity contribution in [3.8, 4) is 12.3 Å². The van der Waals surface area contributed by atoms with Crippen molar-refractivity contribution in [2.75, 3.05) is 0 Å². The molecule has 126 valence electrons. The molecule has 2 atom stereocenters. The summed E-state index contributed by atoms with van der Waals surface area (Å²) in [6, 6.07) is 0. The van der Waals surface area contributed by atoms with E-state index >= 15 is 0 Å². The molecule has 4 nitrogen and oxygen atoms in total. The van der Waals surface area contributed by atoms with Crippen LogP contribution < -0.4 is 0 Å². The summed E-state index contributed by atoms with van der Waals surface area (Å²) in [5.74, 6) is 2.19. The molecule has 1 aliphatic rings. The first-order valence-electron chi connectivity index (χ1n) is 7.68. The van der Waals surface area contributed by atoms with Crippen LogP contribution >= 0.6 is 11.3 Å². The molecule has 0 aliphatic heterocycles. The first kappa shape index (κ1) is 18.1. The molecule has 0 aromatic carbocycles. The number of nitrogens with zero attached hydrogens (tertiary/aromatic N) is 1. The van der Waals surface area contributed by atoms with Crippen molar-refractivity contribution in [2.45, 2.75) is 44.7 Å². The molecule has 1 aliphatic carbocycles. The van der Waals surface area contributed by atoms with Crippen molar-refractivity contribution in [2.24, 2.45) is 0 Å². The first-order chi connectivity index (χ1) is 11.4. The molecule has 0 saturated heterocycles. The summed E-state index contributed by atoms with van der Waals surface area (Å²) in [6.45, 7) is 1.79. The number of allylic oxidation sites excluding steroid dienone is 3. The molecule has 2 unspecified atom stereocenters. The largest absolute Gasteiger partial charge is 0.508 e. The molecule has 0 radical (unpaired) electrons. The Balaban J connectivity index is 2.03. The fraction of sp³-hybridized carbons (Fsp3) is 0.389. The smallest absolute Gasteiger partial charge is 0.158 e. The summed E-state index contributed by atoms with van der Waals surface area (Å²) < 4.78 is 14.3. The van der Waals surface area contributed by atoms with Crippen LogP contribution in [0.5, 0.6) is 0 Å². The average molecular weight is 346 g/mol. The van der Waals surface area contributed by atoms with Gasteiger partial charge in [0, 0.05) is 41.1 Å². The van der Waals surface area contributed by atoms with Crippen LogP contribution in [0, 0.1) is 17.8 Å². The molecular weight excluding hydrogens is 327 g/mol. The second kappa shape index (κ2) is 8.02. The summed E-state index contributed by atoms with van der Waals surface area (Å²) in [7, 11) is 0. The first-order valence-corrected chi connectivity index (χ1v) is 8.50. The number of ketones is 1. The zero-order valence-electron chi connectivity index (χ0n) is 13.4. The minimum Gasteiger partial charge on any atom is -0.508 e. The molecule has 24 heavy (non-hydrogen) atoms. The Bertz CT molecular complexity index is 742. The van der Waals surface area contributed by atoms with Crippen LogP contribution in [0.15, 0.2) is 29.7 Å². The molecule has 2 N–H and O–H groups in total. The normalized spacial score (nSPS) is 18.3. The van der Waals surface area contributed by atoms with Gasteiger partial charge in [-0.3, -0.25) is 4.79 Å². The maximum atomic E-state index is 14.3. The Labute approximate surface area is 144 Å². The lowest BCUT2D eigenvalue weighted by Gasteiger charge is -2.15. The van der Waals surface area contributed by atoms with Crippen LogP contribution in [0.3, 0.4) is 0 Å². The van der Waals surface area contributed by atoms with E-state index < -0.39 is 6.17 Å². The zero-order valence-corrected chi connectivity index (χ0v) is 14.2. The van der Waals surface area contributed by atoms with Crippen LogP contribution in [0.1, 0.15) is 54.6 Å². The van der Waals surface area contributed by atoms with E-state index in [4.69, 9.17) is 11.8 Å². The topological polar surface area (TPSA) is 74.0 Å². The maximum Gasteiger partial charge on any atom is 0.158 e. The van der Waals surface area contributed by atoms with E-state index in [1.165, 1.54) is 17.4 Å². The van der Waals surface area contributed by atoms with Gasteiger partial charge in [0.2, 0.25) is 0 Å². The predicted octanol–water partition coefficient (Wildman–Crippen LogP) is 4.42. The summed E-state index contributed by atoms with van der Waals surface area (Å²) in [5.41, 5.74) is 0.989. The molecule has 0 saturated carbocycles. The molecule has 6 heteroatoms. The van der Waals surface area contributed by atoms with Crippen molar-refractivity contribution in [3.63, 3.8) is 0 Å². The third kappa shape index (κ3) is 4.62. The van der Waals surface area contributed by atoms with E-state index in [1.54, 1.807) is 19.2 Å². The van der Waals surface area contributed by atoms with E-state index in [0.717, 1.165) is 4.88 Å². The number of terminal acetylenes is 1.